The highest BCUT2D eigenvalue weighted by molar-refractivity contribution is 8.76. The Morgan fingerprint density at radius 2 is 1.38 bits per heavy atom. The van der Waals surface area contributed by atoms with E-state index in [1.165, 1.54) is 4.57 Å². The van der Waals surface area contributed by atoms with Gasteiger partial charge in [-0.15, -0.1) is 0 Å². The van der Waals surface area contributed by atoms with Crippen LogP contribution in [0.2, 0.25) is 0 Å². The number of ether oxygens (including phenoxy) is 4. The number of ketones is 2. The third-order valence-corrected chi connectivity index (χ3v) is 20.0. The smallest absolute Gasteiger partial charge is 0.481 e. The minimum absolute atomic E-state index is 0.0287. The number of nitrogens with one attached hydrogen (secondary N) is 6. The second-order valence-electron chi connectivity index (χ2n) is 24.9. The molecule has 4 heterocycles. The number of thiocarbonyl (C=S) groups is 1. The number of hydrogen-bond donors (Lipinski definition) is 11. The number of pyridine rings is 2. The summed E-state index contributed by atoms with van der Waals surface area (Å²) < 4.78 is 22.7. The number of aromatic nitrogens is 2. The molecule has 5 aromatic rings. The lowest BCUT2D eigenvalue weighted by atomic mass is 9.85. The van der Waals surface area contributed by atoms with E-state index in [4.69, 9.17) is 47.0 Å². The number of nitrogens with two attached hydrogens (primary N) is 1. The fourth-order valence-electron chi connectivity index (χ4n) is 11.7. The zero-order valence-corrected chi connectivity index (χ0v) is 59.7. The Morgan fingerprint density at radius 3 is 2.06 bits per heavy atom. The van der Waals surface area contributed by atoms with Crippen molar-refractivity contribution in [1.29, 1.82) is 0 Å². The first-order chi connectivity index (χ1) is 50.3. The summed E-state index contributed by atoms with van der Waals surface area (Å²) in [6.07, 6.45) is -3.25. The molecule has 0 aliphatic carbocycles. The van der Waals surface area contributed by atoms with Crippen LogP contribution >= 0.6 is 33.8 Å². The number of carboxylic acids is 4. The Morgan fingerprint density at radius 1 is 0.705 bits per heavy atom. The number of carbonyl (C=O) groups excluding carboxylic acids is 9. The van der Waals surface area contributed by atoms with Gasteiger partial charge in [0, 0.05) is 79.1 Å². The second-order valence-corrected chi connectivity index (χ2v) is 27.9. The number of amides is 4. The van der Waals surface area contributed by atoms with Gasteiger partial charge < -0.3 is 81.6 Å². The van der Waals surface area contributed by atoms with Crippen LogP contribution in [0.15, 0.2) is 102 Å². The average molecular weight is 1510 g/mol. The van der Waals surface area contributed by atoms with E-state index >= 15 is 0 Å². The number of rotatable bonds is 45. The number of carboxylic acid groups (broad SMARTS) is 4. The molecular weight excluding hydrogens is 1430 g/mol. The minimum atomic E-state index is -2.04. The topological polar surface area (TPSA) is 473 Å². The van der Waals surface area contributed by atoms with Crippen LogP contribution in [0.1, 0.15) is 118 Å². The third kappa shape index (κ3) is 24.7. The predicted octanol–water partition coefficient (Wildman–Crippen LogP) is 4.36. The van der Waals surface area contributed by atoms with Crippen LogP contribution in [-0.4, -0.2) is 174 Å². The summed E-state index contributed by atoms with van der Waals surface area (Å²) in [5.74, 6) is -13.0. The van der Waals surface area contributed by atoms with Gasteiger partial charge in [0.05, 0.1) is 59.9 Å². The number of unbranched alkanes of at least 4 members (excludes halogenated alkanes) is 3. The molecule has 34 heteroatoms. The van der Waals surface area contributed by atoms with E-state index in [1.807, 2.05) is 30.3 Å². The van der Waals surface area contributed by atoms with Crippen molar-refractivity contribution >= 4 is 127 Å². The molecule has 2 aromatic heterocycles. The van der Waals surface area contributed by atoms with Crippen molar-refractivity contribution in [3.8, 4) is 11.4 Å². The van der Waals surface area contributed by atoms with Crippen molar-refractivity contribution in [2.24, 2.45) is 17.6 Å². The van der Waals surface area contributed by atoms with Gasteiger partial charge in [0.15, 0.2) is 22.9 Å². The fourth-order valence-corrected chi connectivity index (χ4v) is 14.1. The lowest BCUT2D eigenvalue weighted by molar-refractivity contribution is -0.175. The van der Waals surface area contributed by atoms with Gasteiger partial charge in [-0.1, -0.05) is 120 Å². The molecule has 2 aliphatic heterocycles. The van der Waals surface area contributed by atoms with Gasteiger partial charge in [-0.2, -0.15) is 0 Å². The number of carbonyl (C=O) groups is 13. The van der Waals surface area contributed by atoms with E-state index in [2.05, 4.69) is 31.9 Å². The molecule has 3 aromatic carbocycles. The Kier molecular flexibility index (Phi) is 31.7. The van der Waals surface area contributed by atoms with Crippen LogP contribution in [0, 0.1) is 11.8 Å². The first kappa shape index (κ1) is 82.0. The summed E-state index contributed by atoms with van der Waals surface area (Å²) in [6, 6.07) is 22.9. The second kappa shape index (κ2) is 40.7. The minimum Gasteiger partial charge on any atom is -0.481 e. The Labute approximate surface area is 615 Å². The predicted molar refractivity (Wildman–Crippen MR) is 384 cm³/mol. The van der Waals surface area contributed by atoms with Crippen molar-refractivity contribution < 1.29 is 102 Å². The molecular formula is C71H83N9O22S3. The van der Waals surface area contributed by atoms with Gasteiger partial charge >= 0.3 is 36.0 Å². The number of benzene rings is 3. The SMILES string of the molecule is CC[C@@]1(OC(=O)OCCSSC[C@H](CC(=O)[C@H](CC(=O)O)NC(=O)[C@@H](N)CNC(=O)[C@@H](CC(=O)[C@H](Cc2ccccc2)NC(=O)CCCCCCNC(=O)CC[C@H](NC(=S)N[C@@H](CCC(=O)O)OC=O)C(=O)O)Cc2ccccc2)C(=O)O)C(=O)OCc2c1cc1n(c2=O)Cc2cc3ccccc3nc2-1. The van der Waals surface area contributed by atoms with Crippen LogP contribution < -0.4 is 43.2 Å². The molecule has 0 spiro atoms. The lowest BCUT2D eigenvalue weighted by Crippen LogP contribution is -2.53. The van der Waals surface area contributed by atoms with Gasteiger partial charge in [0.25, 0.3) is 12.0 Å². The zero-order chi connectivity index (χ0) is 76.2. The summed E-state index contributed by atoms with van der Waals surface area (Å²) in [4.78, 5) is 185. The Balaban J connectivity index is 0.853. The van der Waals surface area contributed by atoms with E-state index in [9.17, 15) is 82.4 Å². The number of aliphatic carboxylic acids is 4. The highest BCUT2D eigenvalue weighted by atomic mass is 33.1. The van der Waals surface area contributed by atoms with Crippen molar-refractivity contribution in [2.45, 2.75) is 152 Å². The Hall–Kier alpha value is -10.3. The zero-order valence-electron chi connectivity index (χ0n) is 57.2. The third-order valence-electron chi connectivity index (χ3n) is 17.3. The van der Waals surface area contributed by atoms with E-state index < -0.39 is 144 Å². The molecule has 4 amide bonds. The molecule has 0 unspecified atom stereocenters. The average Bonchev–Trinajstić information content (AvgIpc) is 1.51. The normalized spacial score (nSPS) is 15.3. The molecule has 0 saturated carbocycles. The van der Waals surface area contributed by atoms with Gasteiger partial charge in [-0.05, 0) is 80.1 Å². The molecule has 0 fully saturated rings. The number of para-hydroxylation sites is 1. The van der Waals surface area contributed by atoms with Gasteiger partial charge in [-0.3, -0.25) is 52.7 Å². The fraction of sp³-hybridized carbons (Fsp3) is 0.437. The number of cyclic esters (lactones) is 1. The summed E-state index contributed by atoms with van der Waals surface area (Å²) >= 11 is 5.09. The Bertz CT molecular complexity index is 4060. The number of esters is 1. The molecule has 12 N–H and O–H groups in total. The first-order valence-corrected chi connectivity index (χ1v) is 36.7. The number of nitrogens with zero attached hydrogens (tertiary/aromatic N) is 2. The number of hydrogen-bond acceptors (Lipinski definition) is 23. The molecule has 0 radical (unpaired) electrons. The van der Waals surface area contributed by atoms with Gasteiger partial charge in [0.2, 0.25) is 29.2 Å². The van der Waals surface area contributed by atoms with Gasteiger partial charge in [0.1, 0.15) is 25.3 Å². The van der Waals surface area contributed by atoms with Crippen LogP contribution in [-0.2, 0) is 108 Å². The van der Waals surface area contributed by atoms with Crippen molar-refractivity contribution in [1.82, 2.24) is 41.5 Å². The maximum absolute atomic E-state index is 14.4. The summed E-state index contributed by atoms with van der Waals surface area (Å²) in [5, 5.41) is 54.6. The molecule has 562 valence electrons. The van der Waals surface area contributed by atoms with Gasteiger partial charge in [-0.25, -0.2) is 19.4 Å². The molecule has 8 atom stereocenters. The van der Waals surface area contributed by atoms with Crippen LogP contribution in [0.3, 0.4) is 0 Å². The lowest BCUT2D eigenvalue weighted by Gasteiger charge is -2.35. The van der Waals surface area contributed by atoms with E-state index in [0.717, 1.165) is 32.5 Å². The van der Waals surface area contributed by atoms with Crippen LogP contribution in [0.25, 0.3) is 22.3 Å². The van der Waals surface area contributed by atoms with Crippen LogP contribution in [0.4, 0.5) is 4.79 Å². The van der Waals surface area contributed by atoms with Crippen LogP contribution in [0.5, 0.6) is 0 Å². The molecule has 7 rings (SSSR count). The number of Topliss-reactive ketones (excluding diaryl/α,β-unsaturated/α-hetero) is 2. The molecule has 0 saturated heterocycles. The van der Waals surface area contributed by atoms with E-state index in [1.54, 1.807) is 73.7 Å². The first-order valence-electron chi connectivity index (χ1n) is 33.8. The largest absolute Gasteiger partial charge is 0.509 e. The van der Waals surface area contributed by atoms with Crippen molar-refractivity contribution in [3.63, 3.8) is 0 Å². The van der Waals surface area contributed by atoms with Crippen molar-refractivity contribution in [2.75, 3.05) is 31.2 Å². The summed E-state index contributed by atoms with van der Waals surface area (Å²) in [5.41, 5.74) is 7.86. The maximum Gasteiger partial charge on any atom is 0.509 e. The summed E-state index contributed by atoms with van der Waals surface area (Å²) in [7, 11) is 2.05. The van der Waals surface area contributed by atoms with E-state index in [-0.39, 0.29) is 118 Å². The number of fused-ring (bicyclic) bond motifs is 5. The maximum atomic E-state index is 14.4. The quantitative estimate of drug-likeness (QED) is 0.00481. The summed E-state index contributed by atoms with van der Waals surface area (Å²) in [6.45, 7) is 0.944. The monoisotopic (exact) mass is 1510 g/mol. The molecule has 2 aliphatic rings. The standard InChI is InChI=1S/C71H83N9O22S3/c1-2-71(48-34-54-62-45(31-43-19-12-13-20-50(43)76-62)37-80(54)65(92)47(48)38-100-68(71)97)102-70(98)99-27-28-104-105-39-46(66(93)94)33-56(83)53(35-61(88)89)77-64(91)49(72)36-74-63(90)44(29-41-15-7-5-8-16-41)32-55(82)52(30-42-17-9-6-10-18-42)75-58(85)21-11-3-4-14-26-73-57(84)23-22-51(67(95)96)78-69(103)79-59(101-40-81)24-25-60(86)87/h5-10,12-13,15-20,31,34,40,44,46,49,51-53,59H,2-4,11,14,21-30,32-33,35-39,72H2,1H3,(H,73,84)(H,74,90)(H,75,85)(H,77,91)(H,86,87)(H,88,89)(H,93,94)(H,95,96)(H2,78,79,103)/t44-,46+,49+,51+,52+,53+,59-,71+/m1/s1. The molecule has 0 bridgehead atoms. The highest BCUT2D eigenvalue weighted by Crippen LogP contribution is 2.41. The molecule has 31 nitrogen and oxygen atoms in total. The van der Waals surface area contributed by atoms with E-state index in [0.29, 0.717) is 53.7 Å². The molecule has 105 heavy (non-hydrogen) atoms. The highest BCUT2D eigenvalue weighted by Gasteiger charge is 2.51. The van der Waals surface area contributed by atoms with Crippen molar-refractivity contribution in [3.05, 3.63) is 135 Å².